The van der Waals surface area contributed by atoms with Gasteiger partial charge in [0.1, 0.15) is 0 Å². The van der Waals surface area contributed by atoms with Gasteiger partial charge in [0, 0.05) is 51.9 Å². The second kappa shape index (κ2) is 10.1. The van der Waals surface area contributed by atoms with E-state index in [2.05, 4.69) is 34.3 Å². The van der Waals surface area contributed by atoms with Crippen LogP contribution in [0.15, 0.2) is 41.8 Å². The number of pyridine rings is 1. The lowest BCUT2D eigenvalue weighted by Gasteiger charge is -2.26. The molecule has 0 saturated carbocycles. The van der Waals surface area contributed by atoms with Crippen LogP contribution in [-0.4, -0.2) is 59.0 Å². The minimum Gasteiger partial charge on any atom is -0.381 e. The first-order valence-electron chi connectivity index (χ1n) is 9.78. The average molecular weight is 371 g/mol. The molecule has 1 saturated heterocycles. The molecule has 7 heteroatoms. The topological polar surface area (TPSA) is 67.6 Å². The van der Waals surface area contributed by atoms with Crippen LogP contribution in [0, 0.1) is 5.92 Å². The quantitative estimate of drug-likeness (QED) is 0.599. The molecule has 27 heavy (non-hydrogen) atoms. The summed E-state index contributed by atoms with van der Waals surface area (Å²) in [5.74, 6) is 2.52. The lowest BCUT2D eigenvalue weighted by atomic mass is 9.96. The van der Waals surface area contributed by atoms with Gasteiger partial charge in [-0.3, -0.25) is 0 Å². The van der Waals surface area contributed by atoms with E-state index >= 15 is 0 Å². The van der Waals surface area contributed by atoms with E-state index in [0.29, 0.717) is 6.54 Å². The van der Waals surface area contributed by atoms with E-state index in [4.69, 9.17) is 9.73 Å². The first-order valence-corrected chi connectivity index (χ1v) is 9.78. The zero-order chi connectivity index (χ0) is 18.9. The van der Waals surface area contributed by atoms with Gasteiger partial charge in [0.2, 0.25) is 0 Å². The summed E-state index contributed by atoms with van der Waals surface area (Å²) in [5.41, 5.74) is 1.11. The van der Waals surface area contributed by atoms with Crippen molar-refractivity contribution in [3.05, 3.63) is 42.4 Å². The van der Waals surface area contributed by atoms with Crippen molar-refractivity contribution in [2.24, 2.45) is 10.9 Å². The molecule has 146 valence electrons. The molecule has 1 aliphatic heterocycles. The third-order valence-corrected chi connectivity index (χ3v) is 4.87. The summed E-state index contributed by atoms with van der Waals surface area (Å²) in [4.78, 5) is 11.4. The molecule has 0 spiro atoms. The molecule has 0 atom stereocenters. The number of rotatable bonds is 7. The smallest absolute Gasteiger partial charge is 0.193 e. The average Bonchev–Trinajstić information content (AvgIpc) is 3.25. The van der Waals surface area contributed by atoms with E-state index in [1.807, 2.05) is 30.6 Å². The Morgan fingerprint density at radius 1 is 1.37 bits per heavy atom. The van der Waals surface area contributed by atoms with Gasteiger partial charge in [0.05, 0.1) is 6.54 Å². The number of aromatic nitrogens is 3. The molecule has 0 aromatic carbocycles. The first-order chi connectivity index (χ1) is 13.3. The van der Waals surface area contributed by atoms with Gasteiger partial charge in [-0.2, -0.15) is 5.10 Å². The van der Waals surface area contributed by atoms with E-state index in [1.165, 1.54) is 19.3 Å². The van der Waals surface area contributed by atoms with Crippen LogP contribution in [0.4, 0.5) is 0 Å². The Bertz CT molecular complexity index is 709. The van der Waals surface area contributed by atoms with E-state index < -0.39 is 0 Å². The van der Waals surface area contributed by atoms with Crippen LogP contribution in [0.2, 0.25) is 0 Å². The third-order valence-electron chi connectivity index (χ3n) is 4.87. The SMILES string of the molecule is CCNC(=NCc1ccnc(-n2cccn2)c1)N(C)CCC1CCOCC1. The minimum atomic E-state index is 0.612. The number of hydrogen-bond acceptors (Lipinski definition) is 4. The molecule has 1 fully saturated rings. The number of aliphatic imine (C=N–C) groups is 1. The fourth-order valence-electron chi connectivity index (χ4n) is 3.24. The first kappa shape index (κ1) is 19.4. The van der Waals surface area contributed by atoms with Crippen molar-refractivity contribution < 1.29 is 4.74 Å². The van der Waals surface area contributed by atoms with E-state index in [0.717, 1.165) is 49.6 Å². The van der Waals surface area contributed by atoms with Gasteiger partial charge in [-0.05, 0) is 55.9 Å². The Morgan fingerprint density at radius 3 is 2.96 bits per heavy atom. The molecule has 0 unspecified atom stereocenters. The largest absolute Gasteiger partial charge is 0.381 e. The molecule has 7 nitrogen and oxygen atoms in total. The highest BCUT2D eigenvalue weighted by Gasteiger charge is 2.15. The van der Waals surface area contributed by atoms with Crippen LogP contribution in [0.25, 0.3) is 5.82 Å². The molecule has 0 bridgehead atoms. The maximum atomic E-state index is 5.46. The summed E-state index contributed by atoms with van der Waals surface area (Å²) in [5, 5.41) is 7.64. The van der Waals surface area contributed by atoms with Crippen LogP contribution in [0.5, 0.6) is 0 Å². The zero-order valence-electron chi connectivity index (χ0n) is 16.3. The van der Waals surface area contributed by atoms with Gasteiger partial charge >= 0.3 is 0 Å². The number of hydrogen-bond donors (Lipinski definition) is 1. The Morgan fingerprint density at radius 2 is 2.22 bits per heavy atom. The standard InChI is InChI=1S/C20H30N6O/c1-3-21-20(25(2)12-6-17-7-13-27-14-8-17)23-16-18-5-10-22-19(15-18)26-11-4-9-24-26/h4-5,9-11,15,17H,3,6-8,12-14,16H2,1-2H3,(H,21,23). The van der Waals surface area contributed by atoms with Crippen molar-refractivity contribution in [3.8, 4) is 5.82 Å². The predicted octanol–water partition coefficient (Wildman–Crippen LogP) is 2.48. The molecule has 0 radical (unpaired) electrons. The van der Waals surface area contributed by atoms with Crippen LogP contribution < -0.4 is 5.32 Å². The lowest BCUT2D eigenvalue weighted by Crippen LogP contribution is -2.40. The van der Waals surface area contributed by atoms with Gasteiger partial charge in [-0.15, -0.1) is 0 Å². The summed E-state index contributed by atoms with van der Waals surface area (Å²) < 4.78 is 7.22. The zero-order valence-corrected chi connectivity index (χ0v) is 16.3. The minimum absolute atomic E-state index is 0.612. The summed E-state index contributed by atoms with van der Waals surface area (Å²) in [6.07, 6.45) is 8.99. The summed E-state index contributed by atoms with van der Waals surface area (Å²) in [6, 6.07) is 5.92. The number of nitrogens with zero attached hydrogens (tertiary/aromatic N) is 5. The Balaban J connectivity index is 1.60. The molecular weight excluding hydrogens is 340 g/mol. The van der Waals surface area contributed by atoms with Gasteiger partial charge in [0.15, 0.2) is 11.8 Å². The van der Waals surface area contributed by atoms with Gasteiger partial charge in [-0.25, -0.2) is 14.7 Å². The monoisotopic (exact) mass is 370 g/mol. The van der Waals surface area contributed by atoms with Crippen molar-refractivity contribution in [1.29, 1.82) is 0 Å². The van der Waals surface area contributed by atoms with Crippen molar-refractivity contribution >= 4 is 5.96 Å². The molecule has 1 N–H and O–H groups in total. The molecule has 3 heterocycles. The van der Waals surface area contributed by atoms with E-state index in [-0.39, 0.29) is 0 Å². The molecule has 2 aromatic rings. The maximum Gasteiger partial charge on any atom is 0.193 e. The van der Waals surface area contributed by atoms with Crippen LogP contribution in [0.3, 0.4) is 0 Å². The van der Waals surface area contributed by atoms with Crippen molar-refractivity contribution in [3.63, 3.8) is 0 Å². The van der Waals surface area contributed by atoms with Gasteiger partial charge < -0.3 is 15.0 Å². The van der Waals surface area contributed by atoms with Gasteiger partial charge in [0.25, 0.3) is 0 Å². The highest BCUT2D eigenvalue weighted by atomic mass is 16.5. The normalized spacial score (nSPS) is 15.7. The van der Waals surface area contributed by atoms with Crippen LogP contribution in [-0.2, 0) is 11.3 Å². The van der Waals surface area contributed by atoms with Crippen LogP contribution in [0.1, 0.15) is 31.7 Å². The Hall–Kier alpha value is -2.41. The van der Waals surface area contributed by atoms with E-state index in [9.17, 15) is 0 Å². The van der Waals surface area contributed by atoms with Crippen molar-refractivity contribution in [2.45, 2.75) is 32.7 Å². The Kier molecular flexibility index (Phi) is 7.21. The van der Waals surface area contributed by atoms with Crippen molar-refractivity contribution in [1.82, 2.24) is 25.0 Å². The highest BCUT2D eigenvalue weighted by molar-refractivity contribution is 5.79. The fourth-order valence-corrected chi connectivity index (χ4v) is 3.24. The maximum absolute atomic E-state index is 5.46. The molecule has 0 aliphatic carbocycles. The molecule has 3 rings (SSSR count). The number of nitrogens with one attached hydrogen (secondary N) is 1. The molecule has 1 aliphatic rings. The van der Waals surface area contributed by atoms with Crippen molar-refractivity contribution in [2.75, 3.05) is 33.4 Å². The fraction of sp³-hybridized carbons (Fsp3) is 0.550. The summed E-state index contributed by atoms with van der Waals surface area (Å²) >= 11 is 0. The lowest BCUT2D eigenvalue weighted by molar-refractivity contribution is 0.0625. The number of guanidine groups is 1. The summed E-state index contributed by atoms with van der Waals surface area (Å²) in [6.45, 7) is 6.39. The Labute approximate surface area is 161 Å². The highest BCUT2D eigenvalue weighted by Crippen LogP contribution is 2.18. The molecule has 2 aromatic heterocycles. The van der Waals surface area contributed by atoms with Gasteiger partial charge in [-0.1, -0.05) is 0 Å². The van der Waals surface area contributed by atoms with E-state index in [1.54, 1.807) is 10.9 Å². The molecular formula is C20H30N6O. The summed E-state index contributed by atoms with van der Waals surface area (Å²) in [7, 11) is 2.11. The second-order valence-corrected chi connectivity index (χ2v) is 6.91. The number of ether oxygens (including phenoxy) is 1. The third kappa shape index (κ3) is 5.79. The second-order valence-electron chi connectivity index (χ2n) is 6.91. The molecule has 0 amide bonds. The predicted molar refractivity (Wildman–Crippen MR) is 107 cm³/mol. The van der Waals surface area contributed by atoms with Crippen LogP contribution >= 0.6 is 0 Å².